The van der Waals surface area contributed by atoms with Crippen molar-refractivity contribution in [3.8, 4) is 0 Å². The third-order valence-corrected chi connectivity index (χ3v) is 4.71. The van der Waals surface area contributed by atoms with Crippen molar-refractivity contribution in [1.82, 2.24) is 9.97 Å². The molecule has 0 radical (unpaired) electrons. The van der Waals surface area contributed by atoms with E-state index in [1.54, 1.807) is 0 Å². The predicted molar refractivity (Wildman–Crippen MR) is 78.5 cm³/mol. The normalized spacial score (nSPS) is 11.3. The van der Waals surface area contributed by atoms with Gasteiger partial charge in [0.1, 0.15) is 5.69 Å². The van der Waals surface area contributed by atoms with Crippen molar-refractivity contribution in [2.24, 2.45) is 5.73 Å². The first kappa shape index (κ1) is 16.0. The summed E-state index contributed by atoms with van der Waals surface area (Å²) >= 11 is 5.68. The van der Waals surface area contributed by atoms with Gasteiger partial charge in [-0.05, 0) is 24.3 Å². The highest BCUT2D eigenvalue weighted by molar-refractivity contribution is 7.90. The summed E-state index contributed by atoms with van der Waals surface area (Å²) < 4.78 is 24.6. The molecule has 0 saturated carbocycles. The maximum Gasteiger partial charge on any atom is 0.326 e. The van der Waals surface area contributed by atoms with E-state index in [1.807, 2.05) is 9.97 Å². The van der Waals surface area contributed by atoms with E-state index in [-0.39, 0.29) is 4.90 Å². The van der Waals surface area contributed by atoms with Gasteiger partial charge in [0.15, 0.2) is 9.84 Å². The van der Waals surface area contributed by atoms with Crippen molar-refractivity contribution in [1.29, 1.82) is 0 Å². The van der Waals surface area contributed by atoms with E-state index in [2.05, 4.69) is 0 Å². The van der Waals surface area contributed by atoms with Crippen molar-refractivity contribution in [3.05, 3.63) is 61.4 Å². The first-order valence-corrected chi connectivity index (χ1v) is 7.87. The van der Waals surface area contributed by atoms with Crippen molar-refractivity contribution in [3.63, 3.8) is 0 Å². The molecule has 1 heterocycles. The second kappa shape index (κ2) is 5.78. The second-order valence-electron chi connectivity index (χ2n) is 4.34. The number of halogens is 1. The minimum Gasteiger partial charge on any atom is -0.364 e. The van der Waals surface area contributed by atoms with E-state index in [9.17, 15) is 22.8 Å². The topological polar surface area (TPSA) is 143 Å². The minimum atomic E-state index is -3.93. The Hall–Kier alpha value is -2.39. The van der Waals surface area contributed by atoms with Gasteiger partial charge in [-0.1, -0.05) is 11.6 Å². The standard InChI is InChI=1S/C12H10ClN3O5S/c13-6-1-3-7(4-2-6)22(20,21)5-8-9(10(14)17)15-12(19)16-11(8)18/h1-4H,5H2,(H2,14,17)(H2,15,16,18,19). The number of carbonyl (C=O) groups is 1. The summed E-state index contributed by atoms with van der Waals surface area (Å²) in [5.41, 5.74) is 2.15. The smallest absolute Gasteiger partial charge is 0.326 e. The summed E-state index contributed by atoms with van der Waals surface area (Å²) in [5, 5.41) is 0.346. The number of carbonyl (C=O) groups excluding carboxylic acids is 1. The first-order valence-electron chi connectivity index (χ1n) is 5.84. The Labute approximate surface area is 128 Å². The summed E-state index contributed by atoms with van der Waals surface area (Å²) in [6.07, 6.45) is 0. The highest BCUT2D eigenvalue weighted by Gasteiger charge is 2.22. The molecule has 2 rings (SSSR count). The average Bonchev–Trinajstić information content (AvgIpc) is 2.41. The number of aromatic nitrogens is 2. The van der Waals surface area contributed by atoms with Gasteiger partial charge >= 0.3 is 5.69 Å². The van der Waals surface area contributed by atoms with E-state index in [1.165, 1.54) is 24.3 Å². The molecule has 0 unspecified atom stereocenters. The van der Waals surface area contributed by atoms with E-state index in [4.69, 9.17) is 17.3 Å². The van der Waals surface area contributed by atoms with E-state index < -0.39 is 44.0 Å². The van der Waals surface area contributed by atoms with Crippen LogP contribution in [-0.2, 0) is 15.6 Å². The van der Waals surface area contributed by atoms with Gasteiger partial charge in [-0.15, -0.1) is 0 Å². The zero-order valence-corrected chi connectivity index (χ0v) is 12.5. The average molecular weight is 344 g/mol. The van der Waals surface area contributed by atoms with E-state index in [0.29, 0.717) is 5.02 Å². The van der Waals surface area contributed by atoms with Gasteiger partial charge in [0.2, 0.25) is 0 Å². The molecule has 1 aromatic heterocycles. The van der Waals surface area contributed by atoms with E-state index >= 15 is 0 Å². The maximum absolute atomic E-state index is 12.3. The number of hydrogen-bond acceptors (Lipinski definition) is 5. The predicted octanol–water partition coefficient (Wildman–Crippen LogP) is -0.211. The monoisotopic (exact) mass is 343 g/mol. The molecule has 0 spiro atoms. The second-order valence-corrected chi connectivity index (χ2v) is 6.77. The molecule has 22 heavy (non-hydrogen) atoms. The van der Waals surface area contributed by atoms with Crippen LogP contribution in [0.3, 0.4) is 0 Å². The van der Waals surface area contributed by atoms with Crippen molar-refractivity contribution < 1.29 is 13.2 Å². The molecule has 0 fully saturated rings. The van der Waals surface area contributed by atoms with Gasteiger partial charge in [-0.25, -0.2) is 13.2 Å². The lowest BCUT2D eigenvalue weighted by Gasteiger charge is -2.07. The van der Waals surface area contributed by atoms with Crippen molar-refractivity contribution in [2.75, 3.05) is 0 Å². The Morgan fingerprint density at radius 1 is 1.14 bits per heavy atom. The summed E-state index contributed by atoms with van der Waals surface area (Å²) in [4.78, 5) is 38.0. The maximum atomic E-state index is 12.3. The first-order chi connectivity index (χ1) is 10.2. The number of nitrogens with one attached hydrogen (secondary N) is 2. The molecule has 0 saturated heterocycles. The van der Waals surface area contributed by atoms with Crippen LogP contribution in [0.4, 0.5) is 0 Å². The summed E-state index contributed by atoms with van der Waals surface area (Å²) in [6.45, 7) is 0. The number of hydrogen-bond donors (Lipinski definition) is 3. The lowest BCUT2D eigenvalue weighted by molar-refractivity contribution is 0.0994. The van der Waals surface area contributed by atoms with Gasteiger partial charge in [0.05, 0.1) is 16.2 Å². The number of H-pyrrole nitrogens is 2. The van der Waals surface area contributed by atoms with Crippen LogP contribution < -0.4 is 17.0 Å². The molecule has 0 aliphatic heterocycles. The molecule has 0 bridgehead atoms. The number of amides is 1. The van der Waals surface area contributed by atoms with Crippen LogP contribution >= 0.6 is 11.6 Å². The van der Waals surface area contributed by atoms with Gasteiger partial charge in [0.25, 0.3) is 11.5 Å². The molecule has 0 aliphatic rings. The number of rotatable bonds is 4. The van der Waals surface area contributed by atoms with Gasteiger partial charge < -0.3 is 10.7 Å². The number of sulfone groups is 1. The molecule has 1 aromatic carbocycles. The van der Waals surface area contributed by atoms with Gasteiger partial charge in [-0.3, -0.25) is 14.6 Å². The molecule has 0 atom stereocenters. The Morgan fingerprint density at radius 2 is 1.73 bits per heavy atom. The highest BCUT2D eigenvalue weighted by Crippen LogP contribution is 2.18. The van der Waals surface area contributed by atoms with Crippen molar-refractivity contribution >= 4 is 27.3 Å². The minimum absolute atomic E-state index is 0.0853. The fourth-order valence-corrected chi connectivity index (χ4v) is 3.27. The van der Waals surface area contributed by atoms with E-state index in [0.717, 1.165) is 0 Å². The Morgan fingerprint density at radius 3 is 2.27 bits per heavy atom. The Balaban J connectivity index is 2.55. The Kier molecular flexibility index (Phi) is 4.20. The largest absolute Gasteiger partial charge is 0.364 e. The van der Waals surface area contributed by atoms with Crippen LogP contribution in [0.25, 0.3) is 0 Å². The van der Waals surface area contributed by atoms with Crippen LogP contribution in [0, 0.1) is 0 Å². The zero-order chi connectivity index (χ0) is 16.5. The lowest BCUT2D eigenvalue weighted by atomic mass is 10.2. The van der Waals surface area contributed by atoms with Crippen molar-refractivity contribution in [2.45, 2.75) is 10.6 Å². The summed E-state index contributed by atoms with van der Waals surface area (Å²) in [5.74, 6) is -1.90. The molecule has 0 aliphatic carbocycles. The number of aromatic amines is 2. The Bertz CT molecular complexity index is 944. The van der Waals surface area contributed by atoms with Crippen LogP contribution in [0.2, 0.25) is 5.02 Å². The van der Waals surface area contributed by atoms with Crippen LogP contribution in [0.5, 0.6) is 0 Å². The molecule has 1 amide bonds. The lowest BCUT2D eigenvalue weighted by Crippen LogP contribution is -2.33. The fraction of sp³-hybridized carbons (Fsp3) is 0.0833. The molecule has 4 N–H and O–H groups in total. The number of nitrogens with two attached hydrogens (primary N) is 1. The quantitative estimate of drug-likeness (QED) is 0.703. The highest BCUT2D eigenvalue weighted by atomic mass is 35.5. The molecule has 2 aromatic rings. The molecule has 116 valence electrons. The summed E-state index contributed by atoms with van der Waals surface area (Å²) in [7, 11) is -3.93. The molecule has 10 heteroatoms. The number of benzene rings is 1. The van der Waals surface area contributed by atoms with Gasteiger partial charge in [0, 0.05) is 5.02 Å². The third kappa shape index (κ3) is 3.26. The number of primary amides is 1. The zero-order valence-electron chi connectivity index (χ0n) is 10.9. The molecular weight excluding hydrogens is 334 g/mol. The molecule has 8 nitrogen and oxygen atoms in total. The SMILES string of the molecule is NC(=O)c1[nH]c(=O)[nH]c(=O)c1CS(=O)(=O)c1ccc(Cl)cc1. The van der Waals surface area contributed by atoms with Crippen LogP contribution in [-0.4, -0.2) is 24.3 Å². The van der Waals surface area contributed by atoms with Crippen LogP contribution in [0.15, 0.2) is 38.8 Å². The third-order valence-electron chi connectivity index (χ3n) is 2.79. The summed E-state index contributed by atoms with van der Waals surface area (Å²) in [6, 6.07) is 5.28. The fourth-order valence-electron chi connectivity index (χ4n) is 1.78. The van der Waals surface area contributed by atoms with Crippen LogP contribution in [0.1, 0.15) is 16.1 Å². The van der Waals surface area contributed by atoms with Gasteiger partial charge in [-0.2, -0.15) is 0 Å². The molecular formula is C12H10ClN3O5S.